The highest BCUT2D eigenvalue weighted by Crippen LogP contribution is 2.33. The van der Waals surface area contributed by atoms with Gasteiger partial charge in [-0.2, -0.15) is 13.2 Å². The van der Waals surface area contributed by atoms with Gasteiger partial charge in [0.2, 0.25) is 0 Å². The molecule has 1 saturated heterocycles. The number of benzene rings is 1. The zero-order valence-corrected chi connectivity index (χ0v) is 19.2. The molecule has 3 aromatic rings. The standard InChI is InChI=1S/C24H25F3N4OS/c1-15-7-6-12-31(19(15)14-29-20-11-10-18(13-28-20)24(25,26)27)23(32)21-22(33-16(2)30-21)17-8-4-3-5-9-17/h3-5,8-11,13,15,19H,6-7,12,14H2,1-2H3,(H,28,29). The van der Waals surface area contributed by atoms with E-state index in [-0.39, 0.29) is 17.9 Å². The van der Waals surface area contributed by atoms with Crippen molar-refractivity contribution >= 4 is 23.1 Å². The molecule has 174 valence electrons. The van der Waals surface area contributed by atoms with Gasteiger partial charge in [-0.3, -0.25) is 4.79 Å². The number of hydrogen-bond donors (Lipinski definition) is 1. The summed E-state index contributed by atoms with van der Waals surface area (Å²) in [6.07, 6.45) is -1.74. The number of halogens is 3. The second kappa shape index (κ2) is 9.51. The van der Waals surface area contributed by atoms with E-state index in [2.05, 4.69) is 22.2 Å². The van der Waals surface area contributed by atoms with E-state index in [9.17, 15) is 18.0 Å². The average Bonchev–Trinajstić information content (AvgIpc) is 3.19. The number of nitrogens with zero attached hydrogens (tertiary/aromatic N) is 3. The van der Waals surface area contributed by atoms with Crippen molar-refractivity contribution in [1.29, 1.82) is 0 Å². The maximum absolute atomic E-state index is 13.6. The first-order valence-electron chi connectivity index (χ1n) is 10.8. The monoisotopic (exact) mass is 474 g/mol. The van der Waals surface area contributed by atoms with Gasteiger partial charge in [0, 0.05) is 19.3 Å². The van der Waals surface area contributed by atoms with Gasteiger partial charge in [-0.05, 0) is 43.4 Å². The lowest BCUT2D eigenvalue weighted by Gasteiger charge is -2.40. The SMILES string of the molecule is Cc1nc(C(=O)N2CCCC(C)C2CNc2ccc(C(F)(F)F)cn2)c(-c2ccccc2)s1. The molecule has 1 aromatic carbocycles. The molecule has 3 heterocycles. The third-order valence-corrected chi connectivity index (χ3v) is 6.95. The number of amides is 1. The molecule has 0 spiro atoms. The highest BCUT2D eigenvalue weighted by atomic mass is 32.1. The van der Waals surface area contributed by atoms with Crippen molar-refractivity contribution in [2.75, 3.05) is 18.4 Å². The zero-order valence-electron chi connectivity index (χ0n) is 18.4. The topological polar surface area (TPSA) is 58.1 Å². The molecule has 1 amide bonds. The van der Waals surface area contributed by atoms with Crippen molar-refractivity contribution < 1.29 is 18.0 Å². The number of aryl methyl sites for hydroxylation is 1. The fraction of sp³-hybridized carbons (Fsp3) is 0.375. The van der Waals surface area contributed by atoms with Crippen molar-refractivity contribution in [2.24, 2.45) is 5.92 Å². The summed E-state index contributed by atoms with van der Waals surface area (Å²) in [6, 6.07) is 11.9. The zero-order chi connectivity index (χ0) is 23.6. The van der Waals surface area contributed by atoms with Crippen molar-refractivity contribution in [3.63, 3.8) is 0 Å². The number of pyridine rings is 1. The lowest BCUT2D eigenvalue weighted by atomic mass is 9.90. The predicted molar refractivity (Wildman–Crippen MR) is 123 cm³/mol. The van der Waals surface area contributed by atoms with E-state index in [1.165, 1.54) is 17.4 Å². The number of thiazole rings is 1. The molecule has 0 aliphatic carbocycles. The van der Waals surface area contributed by atoms with Crippen LogP contribution < -0.4 is 5.32 Å². The van der Waals surface area contributed by atoms with Crippen LogP contribution in [0.5, 0.6) is 0 Å². The highest BCUT2D eigenvalue weighted by molar-refractivity contribution is 7.15. The van der Waals surface area contributed by atoms with E-state index in [0.29, 0.717) is 24.6 Å². The van der Waals surface area contributed by atoms with E-state index >= 15 is 0 Å². The minimum Gasteiger partial charge on any atom is -0.368 e. The lowest BCUT2D eigenvalue weighted by molar-refractivity contribution is -0.137. The smallest absolute Gasteiger partial charge is 0.368 e. The summed E-state index contributed by atoms with van der Waals surface area (Å²) in [7, 11) is 0. The van der Waals surface area contributed by atoms with Gasteiger partial charge in [-0.25, -0.2) is 9.97 Å². The van der Waals surface area contributed by atoms with Crippen LogP contribution in [0.15, 0.2) is 48.7 Å². The molecular formula is C24H25F3N4OS. The molecule has 0 radical (unpaired) electrons. The summed E-state index contributed by atoms with van der Waals surface area (Å²) < 4.78 is 38.4. The van der Waals surface area contributed by atoms with Crippen LogP contribution in [0.4, 0.5) is 19.0 Å². The summed E-state index contributed by atoms with van der Waals surface area (Å²) in [5, 5.41) is 3.95. The van der Waals surface area contributed by atoms with Gasteiger partial charge in [0.15, 0.2) is 0 Å². The number of carbonyl (C=O) groups excluding carboxylic acids is 1. The van der Waals surface area contributed by atoms with Crippen molar-refractivity contribution in [3.05, 3.63) is 64.9 Å². The molecule has 2 unspecified atom stereocenters. The third kappa shape index (κ3) is 5.19. The maximum atomic E-state index is 13.6. The number of piperidine rings is 1. The third-order valence-electron chi connectivity index (χ3n) is 5.93. The lowest BCUT2D eigenvalue weighted by Crippen LogP contribution is -2.51. The number of likely N-dealkylation sites (tertiary alicyclic amines) is 1. The summed E-state index contributed by atoms with van der Waals surface area (Å²) >= 11 is 1.50. The number of anilines is 1. The fourth-order valence-electron chi connectivity index (χ4n) is 4.18. The first kappa shape index (κ1) is 23.2. The van der Waals surface area contributed by atoms with Crippen LogP contribution in [0.3, 0.4) is 0 Å². The largest absolute Gasteiger partial charge is 0.417 e. The summed E-state index contributed by atoms with van der Waals surface area (Å²) in [5.74, 6) is 0.462. The summed E-state index contributed by atoms with van der Waals surface area (Å²) in [5.41, 5.74) is 0.624. The molecule has 0 saturated carbocycles. The van der Waals surface area contributed by atoms with Crippen LogP contribution in [-0.2, 0) is 6.18 Å². The Morgan fingerprint density at radius 1 is 1.21 bits per heavy atom. The molecule has 33 heavy (non-hydrogen) atoms. The van der Waals surface area contributed by atoms with Gasteiger partial charge in [0.1, 0.15) is 11.5 Å². The van der Waals surface area contributed by atoms with E-state index < -0.39 is 11.7 Å². The van der Waals surface area contributed by atoms with Gasteiger partial charge >= 0.3 is 6.18 Å². The molecule has 2 aromatic heterocycles. The van der Waals surface area contributed by atoms with Gasteiger partial charge in [0.05, 0.1) is 21.5 Å². The first-order chi connectivity index (χ1) is 15.7. The van der Waals surface area contributed by atoms with Crippen LogP contribution >= 0.6 is 11.3 Å². The molecule has 9 heteroatoms. The Hall–Kier alpha value is -2.94. The van der Waals surface area contributed by atoms with Gasteiger partial charge in [0.25, 0.3) is 5.91 Å². The van der Waals surface area contributed by atoms with E-state index in [0.717, 1.165) is 40.6 Å². The first-order valence-corrected chi connectivity index (χ1v) is 11.7. The van der Waals surface area contributed by atoms with Gasteiger partial charge < -0.3 is 10.2 Å². The van der Waals surface area contributed by atoms with Crippen LogP contribution in [0, 0.1) is 12.8 Å². The Balaban J connectivity index is 1.54. The molecule has 5 nitrogen and oxygen atoms in total. The van der Waals surface area contributed by atoms with E-state index in [1.54, 1.807) is 0 Å². The van der Waals surface area contributed by atoms with E-state index in [4.69, 9.17) is 0 Å². The molecule has 4 rings (SSSR count). The number of alkyl halides is 3. The Labute approximate surface area is 194 Å². The van der Waals surface area contributed by atoms with Crippen molar-refractivity contribution in [2.45, 2.75) is 38.9 Å². The highest BCUT2D eigenvalue weighted by Gasteiger charge is 2.35. The number of hydrogen-bond acceptors (Lipinski definition) is 5. The van der Waals surface area contributed by atoms with Crippen LogP contribution in [-0.4, -0.2) is 39.9 Å². The molecule has 1 aliphatic heterocycles. The molecule has 0 bridgehead atoms. The minimum absolute atomic E-state index is 0.114. The Bertz CT molecular complexity index is 1100. The second-order valence-corrected chi connectivity index (χ2v) is 9.48. The average molecular weight is 475 g/mol. The van der Waals surface area contributed by atoms with Crippen LogP contribution in [0.2, 0.25) is 0 Å². The number of rotatable bonds is 5. The normalized spacial score (nSPS) is 18.9. The van der Waals surface area contributed by atoms with Crippen molar-refractivity contribution in [3.8, 4) is 10.4 Å². The maximum Gasteiger partial charge on any atom is 0.417 e. The second-order valence-electron chi connectivity index (χ2n) is 8.27. The molecule has 1 fully saturated rings. The molecule has 2 atom stereocenters. The van der Waals surface area contributed by atoms with E-state index in [1.807, 2.05) is 42.2 Å². The summed E-state index contributed by atoms with van der Waals surface area (Å²) in [6.45, 7) is 4.99. The predicted octanol–water partition coefficient (Wildman–Crippen LogP) is 5.89. The minimum atomic E-state index is -4.42. The number of aromatic nitrogens is 2. The van der Waals surface area contributed by atoms with Crippen molar-refractivity contribution in [1.82, 2.24) is 14.9 Å². The quantitative estimate of drug-likeness (QED) is 0.501. The van der Waals surface area contributed by atoms with Gasteiger partial charge in [-0.15, -0.1) is 11.3 Å². The summed E-state index contributed by atoms with van der Waals surface area (Å²) in [4.78, 5) is 24.8. The van der Waals surface area contributed by atoms with Crippen LogP contribution in [0.1, 0.15) is 40.8 Å². The Morgan fingerprint density at radius 2 is 1.97 bits per heavy atom. The van der Waals surface area contributed by atoms with Gasteiger partial charge in [-0.1, -0.05) is 37.3 Å². The Kier molecular flexibility index (Phi) is 6.69. The number of carbonyl (C=O) groups is 1. The molecule has 1 N–H and O–H groups in total. The Morgan fingerprint density at radius 3 is 2.64 bits per heavy atom. The number of nitrogens with one attached hydrogen (secondary N) is 1. The fourth-order valence-corrected chi connectivity index (χ4v) is 5.10. The van der Waals surface area contributed by atoms with Crippen LogP contribution in [0.25, 0.3) is 10.4 Å². The molecule has 1 aliphatic rings. The molecular weight excluding hydrogens is 449 g/mol.